The van der Waals surface area contributed by atoms with Crippen molar-refractivity contribution in [2.24, 2.45) is 5.41 Å². The summed E-state index contributed by atoms with van der Waals surface area (Å²) < 4.78 is 0.638. The molecule has 0 fully saturated rings. The number of hydrogen-bond acceptors (Lipinski definition) is 3. The van der Waals surface area contributed by atoms with Gasteiger partial charge in [0, 0.05) is 4.88 Å². The largest absolute Gasteiger partial charge is 0.480 e. The zero-order chi connectivity index (χ0) is 13.2. The summed E-state index contributed by atoms with van der Waals surface area (Å²) in [4.78, 5) is 23.6. The average Bonchev–Trinajstić information content (AvgIpc) is 2.64. The highest BCUT2D eigenvalue weighted by Gasteiger charge is 2.36. The lowest BCUT2D eigenvalue weighted by molar-refractivity contribution is -0.153. The number of carboxylic acid groups (broad SMARTS) is 1. The van der Waals surface area contributed by atoms with E-state index in [0.717, 1.165) is 4.88 Å². The Morgan fingerprint density at radius 2 is 2.06 bits per heavy atom. The number of thiophene rings is 1. The molecule has 0 spiro atoms. The maximum absolute atomic E-state index is 11.8. The van der Waals surface area contributed by atoms with Gasteiger partial charge >= 0.3 is 5.97 Å². The van der Waals surface area contributed by atoms with Crippen LogP contribution in [-0.2, 0) is 9.59 Å². The Morgan fingerprint density at radius 3 is 2.47 bits per heavy atom. The molecular formula is C11H14ClNO3S. The SMILES string of the molecule is CC(NC(=O)C(C)(C)C(=O)O)c1ccc(Cl)s1. The number of halogens is 1. The van der Waals surface area contributed by atoms with Gasteiger partial charge in [-0.25, -0.2) is 0 Å². The first kappa shape index (κ1) is 14.0. The second-order valence-corrected chi connectivity index (χ2v) is 6.01. The molecule has 94 valence electrons. The molecule has 6 heteroatoms. The highest BCUT2D eigenvalue weighted by molar-refractivity contribution is 7.16. The van der Waals surface area contributed by atoms with Crippen LogP contribution < -0.4 is 5.32 Å². The molecule has 4 nitrogen and oxygen atoms in total. The summed E-state index contributed by atoms with van der Waals surface area (Å²) in [5.41, 5.74) is -1.44. The Balaban J connectivity index is 2.73. The van der Waals surface area contributed by atoms with E-state index in [1.54, 1.807) is 13.0 Å². The van der Waals surface area contributed by atoms with E-state index >= 15 is 0 Å². The molecule has 0 radical (unpaired) electrons. The minimum Gasteiger partial charge on any atom is -0.480 e. The van der Waals surface area contributed by atoms with Gasteiger partial charge in [0.1, 0.15) is 5.41 Å². The van der Waals surface area contributed by atoms with Gasteiger partial charge in [0.15, 0.2) is 0 Å². The molecule has 0 saturated heterocycles. The van der Waals surface area contributed by atoms with Gasteiger partial charge in [-0.05, 0) is 32.9 Å². The summed E-state index contributed by atoms with van der Waals surface area (Å²) in [6.07, 6.45) is 0. The molecule has 0 aliphatic carbocycles. The third-order valence-electron chi connectivity index (χ3n) is 2.47. The lowest BCUT2D eigenvalue weighted by Crippen LogP contribution is -2.43. The van der Waals surface area contributed by atoms with Crippen LogP contribution in [0.1, 0.15) is 31.7 Å². The van der Waals surface area contributed by atoms with Crippen LogP contribution in [0.5, 0.6) is 0 Å². The van der Waals surface area contributed by atoms with Gasteiger partial charge in [0.2, 0.25) is 5.91 Å². The number of rotatable bonds is 4. The van der Waals surface area contributed by atoms with Crippen LogP contribution in [0, 0.1) is 5.41 Å². The Labute approximate surface area is 109 Å². The van der Waals surface area contributed by atoms with Crippen LogP contribution in [0.4, 0.5) is 0 Å². The third-order valence-corrected chi connectivity index (χ3v) is 3.88. The summed E-state index contributed by atoms with van der Waals surface area (Å²) in [5, 5.41) is 11.6. The summed E-state index contributed by atoms with van der Waals surface area (Å²) in [6, 6.07) is 3.30. The van der Waals surface area contributed by atoms with E-state index in [1.807, 2.05) is 6.07 Å². The summed E-state index contributed by atoms with van der Waals surface area (Å²) in [7, 11) is 0. The van der Waals surface area contributed by atoms with Gasteiger partial charge in [-0.15, -0.1) is 11.3 Å². The van der Waals surface area contributed by atoms with Crippen LogP contribution in [0.3, 0.4) is 0 Å². The Bertz CT molecular complexity index is 442. The van der Waals surface area contributed by atoms with Gasteiger partial charge in [-0.2, -0.15) is 0 Å². The molecule has 1 aromatic heterocycles. The third kappa shape index (κ3) is 3.20. The molecule has 1 rings (SSSR count). The average molecular weight is 276 g/mol. The van der Waals surface area contributed by atoms with Gasteiger partial charge < -0.3 is 10.4 Å². The van der Waals surface area contributed by atoms with Crippen molar-refractivity contribution in [3.63, 3.8) is 0 Å². The van der Waals surface area contributed by atoms with Crippen LogP contribution in [0.25, 0.3) is 0 Å². The molecule has 0 aromatic carbocycles. The molecule has 1 heterocycles. The molecule has 0 aliphatic heterocycles. The van der Waals surface area contributed by atoms with Crippen molar-refractivity contribution in [2.75, 3.05) is 0 Å². The fraction of sp³-hybridized carbons (Fsp3) is 0.455. The minimum atomic E-state index is -1.44. The number of carbonyl (C=O) groups excluding carboxylic acids is 1. The van der Waals surface area contributed by atoms with Crippen LogP contribution >= 0.6 is 22.9 Å². The van der Waals surface area contributed by atoms with Gasteiger partial charge in [0.05, 0.1) is 10.4 Å². The molecular weight excluding hydrogens is 262 g/mol. The van der Waals surface area contributed by atoms with E-state index in [9.17, 15) is 9.59 Å². The first-order valence-electron chi connectivity index (χ1n) is 5.04. The van der Waals surface area contributed by atoms with Gasteiger partial charge in [0.25, 0.3) is 0 Å². The molecule has 0 aliphatic rings. The van der Waals surface area contributed by atoms with E-state index in [4.69, 9.17) is 16.7 Å². The minimum absolute atomic E-state index is 0.251. The molecule has 2 N–H and O–H groups in total. The second kappa shape index (κ2) is 5.06. The number of aliphatic carboxylic acids is 1. The van der Waals surface area contributed by atoms with E-state index in [1.165, 1.54) is 25.2 Å². The smallest absolute Gasteiger partial charge is 0.318 e. The van der Waals surface area contributed by atoms with Crippen LogP contribution in [0.15, 0.2) is 12.1 Å². The van der Waals surface area contributed by atoms with Crippen molar-refractivity contribution in [2.45, 2.75) is 26.8 Å². The van der Waals surface area contributed by atoms with Crippen LogP contribution in [-0.4, -0.2) is 17.0 Å². The van der Waals surface area contributed by atoms with Crippen molar-refractivity contribution in [3.8, 4) is 0 Å². The molecule has 1 aromatic rings. The summed E-state index contributed by atoms with van der Waals surface area (Å²) >= 11 is 7.15. The monoisotopic (exact) mass is 275 g/mol. The molecule has 1 amide bonds. The fourth-order valence-corrected chi connectivity index (χ4v) is 2.17. The predicted molar refractivity (Wildman–Crippen MR) is 67.3 cm³/mol. The zero-order valence-corrected chi connectivity index (χ0v) is 11.4. The quantitative estimate of drug-likeness (QED) is 0.830. The van der Waals surface area contributed by atoms with E-state index in [0.29, 0.717) is 4.34 Å². The maximum Gasteiger partial charge on any atom is 0.318 e. The highest BCUT2D eigenvalue weighted by Crippen LogP contribution is 2.27. The normalized spacial score (nSPS) is 13.2. The lowest BCUT2D eigenvalue weighted by Gasteiger charge is -2.21. The van der Waals surface area contributed by atoms with Crippen molar-refractivity contribution in [1.82, 2.24) is 5.32 Å². The fourth-order valence-electron chi connectivity index (χ4n) is 1.11. The number of carbonyl (C=O) groups is 2. The second-order valence-electron chi connectivity index (χ2n) is 4.27. The standard InChI is InChI=1S/C11H14ClNO3S/c1-6(7-4-5-8(12)17-7)13-9(14)11(2,3)10(15)16/h4-6H,1-3H3,(H,13,14)(H,15,16). The number of nitrogens with one attached hydrogen (secondary N) is 1. The van der Waals surface area contributed by atoms with Crippen LogP contribution in [0.2, 0.25) is 4.34 Å². The van der Waals surface area contributed by atoms with E-state index in [2.05, 4.69) is 5.32 Å². The number of amides is 1. The molecule has 17 heavy (non-hydrogen) atoms. The molecule has 1 unspecified atom stereocenters. The number of hydrogen-bond donors (Lipinski definition) is 2. The topological polar surface area (TPSA) is 66.4 Å². The van der Waals surface area contributed by atoms with Crippen molar-refractivity contribution in [1.29, 1.82) is 0 Å². The first-order chi connectivity index (χ1) is 7.75. The molecule has 0 saturated carbocycles. The summed E-state index contributed by atoms with van der Waals surface area (Å²) in [5.74, 6) is -1.66. The predicted octanol–water partition coefficient (Wildman–Crippen LogP) is 2.69. The van der Waals surface area contributed by atoms with Gasteiger partial charge in [-0.3, -0.25) is 9.59 Å². The van der Waals surface area contributed by atoms with Crippen molar-refractivity contribution < 1.29 is 14.7 Å². The van der Waals surface area contributed by atoms with E-state index < -0.39 is 17.3 Å². The van der Waals surface area contributed by atoms with Crippen molar-refractivity contribution in [3.05, 3.63) is 21.3 Å². The molecule has 1 atom stereocenters. The molecule has 0 bridgehead atoms. The maximum atomic E-state index is 11.8. The Morgan fingerprint density at radius 1 is 1.47 bits per heavy atom. The van der Waals surface area contributed by atoms with Crippen molar-refractivity contribution >= 4 is 34.8 Å². The van der Waals surface area contributed by atoms with E-state index in [-0.39, 0.29) is 6.04 Å². The Kier molecular flexibility index (Phi) is 4.16. The highest BCUT2D eigenvalue weighted by atomic mass is 35.5. The van der Waals surface area contributed by atoms with Gasteiger partial charge in [-0.1, -0.05) is 11.6 Å². The lowest BCUT2D eigenvalue weighted by atomic mass is 9.92. The number of carboxylic acids is 1. The summed E-state index contributed by atoms with van der Waals surface area (Å²) in [6.45, 7) is 4.54. The first-order valence-corrected chi connectivity index (χ1v) is 6.24. The Hall–Kier alpha value is -1.07. The zero-order valence-electron chi connectivity index (χ0n) is 9.78.